The van der Waals surface area contributed by atoms with Crippen molar-refractivity contribution in [3.05, 3.63) is 42.2 Å². The molecule has 0 bridgehead atoms. The molecule has 2 N–H and O–H groups in total. The van der Waals surface area contributed by atoms with Crippen LogP contribution >= 0.6 is 0 Å². The predicted molar refractivity (Wildman–Crippen MR) is 144 cm³/mol. The first-order valence-corrected chi connectivity index (χ1v) is 14.8. The molecule has 2 amide bonds. The summed E-state index contributed by atoms with van der Waals surface area (Å²) in [6, 6.07) is 5.80. The van der Waals surface area contributed by atoms with Crippen molar-refractivity contribution in [1.29, 1.82) is 0 Å². The van der Waals surface area contributed by atoms with E-state index >= 15 is 0 Å². The van der Waals surface area contributed by atoms with E-state index in [1.165, 1.54) is 37.4 Å². The number of piperidine rings is 1. The van der Waals surface area contributed by atoms with E-state index in [4.69, 9.17) is 0 Å². The second kappa shape index (κ2) is 10.4. The Morgan fingerprint density at radius 3 is 2.49 bits per heavy atom. The lowest BCUT2D eigenvalue weighted by Gasteiger charge is -2.49. The Hall–Kier alpha value is -2.39. The first kappa shape index (κ1) is 27.6. The molecule has 1 saturated heterocycles. The normalized spacial score (nSPS) is 28.0. The Kier molecular flexibility index (Phi) is 7.77. The zero-order valence-electron chi connectivity index (χ0n) is 22.8. The van der Waals surface area contributed by atoms with E-state index in [0.29, 0.717) is 11.5 Å². The van der Waals surface area contributed by atoms with Gasteiger partial charge in [-0.2, -0.15) is 0 Å². The lowest BCUT2D eigenvalue weighted by molar-refractivity contribution is -0.130. The topological polar surface area (TPSA) is 98.8 Å². The molecule has 0 unspecified atom stereocenters. The molecule has 0 aromatic heterocycles. The highest BCUT2D eigenvalue weighted by Gasteiger charge is 2.42. The van der Waals surface area contributed by atoms with Gasteiger partial charge in [-0.1, -0.05) is 45.4 Å². The maximum absolute atomic E-state index is 13.3. The summed E-state index contributed by atoms with van der Waals surface area (Å²) < 4.78 is 27.6. The molecule has 4 rings (SSSR count). The van der Waals surface area contributed by atoms with Crippen LogP contribution in [-0.4, -0.2) is 60.7 Å². The molecule has 2 aliphatic heterocycles. The van der Waals surface area contributed by atoms with E-state index in [-0.39, 0.29) is 28.7 Å². The lowest BCUT2D eigenvalue weighted by atomic mass is 9.70. The fourth-order valence-electron chi connectivity index (χ4n) is 6.16. The van der Waals surface area contributed by atoms with Crippen molar-refractivity contribution < 1.29 is 18.0 Å². The van der Waals surface area contributed by atoms with Crippen molar-refractivity contribution in [3.63, 3.8) is 0 Å². The average molecular weight is 531 g/mol. The summed E-state index contributed by atoms with van der Waals surface area (Å²) in [6.45, 7) is 13.2. The lowest BCUT2D eigenvalue weighted by Crippen LogP contribution is -2.56. The Morgan fingerprint density at radius 2 is 1.84 bits per heavy atom. The van der Waals surface area contributed by atoms with Gasteiger partial charge in [0.2, 0.25) is 11.8 Å². The summed E-state index contributed by atoms with van der Waals surface area (Å²) in [4.78, 5) is 28.6. The van der Waals surface area contributed by atoms with Crippen LogP contribution in [-0.2, 0) is 19.6 Å². The van der Waals surface area contributed by atoms with E-state index < -0.39 is 22.0 Å². The van der Waals surface area contributed by atoms with Gasteiger partial charge in [0.05, 0.1) is 11.3 Å². The summed E-state index contributed by atoms with van der Waals surface area (Å²) in [7, 11) is -3.99. The van der Waals surface area contributed by atoms with E-state index in [0.717, 1.165) is 42.2 Å². The molecule has 37 heavy (non-hydrogen) atoms. The van der Waals surface area contributed by atoms with Crippen LogP contribution in [0.15, 0.2) is 41.6 Å². The third-order valence-electron chi connectivity index (χ3n) is 8.31. The number of nitrogens with one attached hydrogen (secondary N) is 2. The Morgan fingerprint density at radius 1 is 1.14 bits per heavy atom. The molecular weight excluding hydrogens is 488 g/mol. The molecule has 9 heteroatoms. The van der Waals surface area contributed by atoms with Gasteiger partial charge in [0, 0.05) is 31.0 Å². The van der Waals surface area contributed by atoms with Crippen molar-refractivity contribution in [3.8, 4) is 0 Å². The summed E-state index contributed by atoms with van der Waals surface area (Å²) in [5, 5.41) is 5.71. The minimum absolute atomic E-state index is 0.0293. The number of benzene rings is 1. The van der Waals surface area contributed by atoms with Crippen LogP contribution < -0.4 is 10.6 Å². The molecule has 3 aliphatic rings. The number of hydrogen-bond donors (Lipinski definition) is 2. The molecule has 0 spiro atoms. The summed E-state index contributed by atoms with van der Waals surface area (Å²) in [5.41, 5.74) is 1.17. The van der Waals surface area contributed by atoms with Gasteiger partial charge in [0.15, 0.2) is 0 Å². The standard InChI is InChI=1S/C28H42N4O4S/c1-20-7-10-22(11-8-20)37(35,36)32-16-14-29-26(34)23(32)17-25(33)30-24-12-9-21(18-28(24,4)5)31-15-6-13-27(2,3)19-31/h7-8,10-11,14,16,21,23-24H,6,9,12-13,15,17-19H2,1-5H3,(H,29,34)(H,30,33)/t21-,23-,24-/m1/s1. The van der Waals surface area contributed by atoms with Gasteiger partial charge in [-0.3, -0.25) is 18.8 Å². The molecule has 8 nitrogen and oxygen atoms in total. The highest BCUT2D eigenvalue weighted by molar-refractivity contribution is 7.89. The van der Waals surface area contributed by atoms with Gasteiger partial charge in [-0.25, -0.2) is 8.42 Å². The number of nitrogens with zero attached hydrogens (tertiary/aromatic N) is 2. The SMILES string of the molecule is Cc1ccc(S(=O)(=O)N2C=CNC(=O)[C@H]2CC(=O)N[C@@H]2CC[C@@H](N3CCCC(C)(C)C3)CC2(C)C)cc1. The first-order chi connectivity index (χ1) is 17.3. The van der Waals surface area contributed by atoms with Crippen LogP contribution in [0.2, 0.25) is 0 Å². The number of hydrogen-bond acceptors (Lipinski definition) is 5. The molecule has 0 radical (unpaired) electrons. The smallest absolute Gasteiger partial charge is 0.264 e. The minimum atomic E-state index is -3.99. The van der Waals surface area contributed by atoms with Crippen LogP contribution in [0.4, 0.5) is 0 Å². The molecule has 204 valence electrons. The molecule has 1 saturated carbocycles. The second-order valence-electron chi connectivity index (χ2n) is 12.5. The fourth-order valence-corrected chi connectivity index (χ4v) is 7.61. The molecule has 1 aromatic carbocycles. The van der Waals surface area contributed by atoms with Gasteiger partial charge in [0.25, 0.3) is 10.0 Å². The summed E-state index contributed by atoms with van der Waals surface area (Å²) in [6.07, 6.45) is 7.75. The van der Waals surface area contributed by atoms with Gasteiger partial charge < -0.3 is 10.6 Å². The number of amides is 2. The summed E-state index contributed by atoms with van der Waals surface area (Å²) >= 11 is 0. The van der Waals surface area contributed by atoms with Crippen LogP contribution in [0.1, 0.15) is 71.8 Å². The van der Waals surface area contributed by atoms with Crippen molar-refractivity contribution in [2.24, 2.45) is 10.8 Å². The predicted octanol–water partition coefficient (Wildman–Crippen LogP) is 3.53. The van der Waals surface area contributed by atoms with Crippen molar-refractivity contribution >= 4 is 21.8 Å². The number of sulfonamides is 1. The van der Waals surface area contributed by atoms with Crippen LogP contribution in [0.5, 0.6) is 0 Å². The number of likely N-dealkylation sites (tertiary alicyclic amines) is 1. The van der Waals surface area contributed by atoms with Crippen molar-refractivity contribution in [2.75, 3.05) is 13.1 Å². The third kappa shape index (κ3) is 6.20. The Labute approximate surface area is 221 Å². The summed E-state index contributed by atoms with van der Waals surface area (Å²) in [5.74, 6) is -0.820. The van der Waals surface area contributed by atoms with Gasteiger partial charge in [-0.15, -0.1) is 0 Å². The molecule has 1 aromatic rings. The number of aryl methyl sites for hydroxylation is 1. The van der Waals surface area contributed by atoms with Gasteiger partial charge in [0.1, 0.15) is 6.04 Å². The zero-order chi connectivity index (χ0) is 27.0. The highest BCUT2D eigenvalue weighted by Crippen LogP contribution is 2.40. The highest BCUT2D eigenvalue weighted by atomic mass is 32.2. The quantitative estimate of drug-likeness (QED) is 0.586. The van der Waals surface area contributed by atoms with Crippen molar-refractivity contribution in [2.45, 2.75) is 96.2 Å². The molecule has 3 atom stereocenters. The van der Waals surface area contributed by atoms with Gasteiger partial charge in [-0.05, 0) is 68.5 Å². The maximum atomic E-state index is 13.3. The molecule has 2 fully saturated rings. The van der Waals surface area contributed by atoms with E-state index in [2.05, 4.69) is 43.2 Å². The maximum Gasteiger partial charge on any atom is 0.264 e. The Bertz CT molecular complexity index is 1140. The van der Waals surface area contributed by atoms with Crippen molar-refractivity contribution in [1.82, 2.24) is 19.8 Å². The molecular formula is C28H42N4O4S. The number of carbonyl (C=O) groups is 2. The van der Waals surface area contributed by atoms with Gasteiger partial charge >= 0.3 is 0 Å². The number of carbonyl (C=O) groups excluding carboxylic acids is 2. The molecule has 1 aliphatic carbocycles. The van der Waals surface area contributed by atoms with E-state index in [1.807, 2.05) is 6.92 Å². The van der Waals surface area contributed by atoms with Crippen LogP contribution in [0, 0.1) is 17.8 Å². The number of rotatable bonds is 6. The van der Waals surface area contributed by atoms with E-state index in [9.17, 15) is 18.0 Å². The third-order valence-corrected chi connectivity index (χ3v) is 10.1. The second-order valence-corrected chi connectivity index (χ2v) is 14.3. The zero-order valence-corrected chi connectivity index (χ0v) is 23.6. The van der Waals surface area contributed by atoms with Crippen LogP contribution in [0.25, 0.3) is 0 Å². The average Bonchev–Trinajstić information content (AvgIpc) is 2.81. The first-order valence-electron chi connectivity index (χ1n) is 13.4. The largest absolute Gasteiger partial charge is 0.353 e. The monoisotopic (exact) mass is 530 g/mol. The minimum Gasteiger partial charge on any atom is -0.353 e. The van der Waals surface area contributed by atoms with E-state index in [1.54, 1.807) is 12.1 Å². The fraction of sp³-hybridized carbons (Fsp3) is 0.643. The molecule has 2 heterocycles. The van der Waals surface area contributed by atoms with Crippen LogP contribution in [0.3, 0.4) is 0 Å². The Balaban J connectivity index is 1.42.